The van der Waals surface area contributed by atoms with Crippen LogP contribution in [0.3, 0.4) is 0 Å². The monoisotopic (exact) mass is 322 g/mol. The first kappa shape index (κ1) is 13.7. The second kappa shape index (κ2) is 5.53. The molecule has 0 saturated heterocycles. The average molecular weight is 323 g/mol. The van der Waals surface area contributed by atoms with Gasteiger partial charge in [-0.05, 0) is 36.2 Å². The van der Waals surface area contributed by atoms with Crippen molar-refractivity contribution in [2.75, 3.05) is 7.11 Å². The molecule has 2 aromatic rings. The molecular weight excluding hydrogens is 311 g/mol. The van der Waals surface area contributed by atoms with Crippen LogP contribution in [0.4, 0.5) is 4.39 Å². The first-order valence-electron chi connectivity index (χ1n) is 5.67. The van der Waals surface area contributed by atoms with Gasteiger partial charge in [0, 0.05) is 10.0 Å². The van der Waals surface area contributed by atoms with Crippen LogP contribution >= 0.6 is 15.9 Å². The minimum atomic E-state index is -0.490. The third-order valence-corrected chi connectivity index (χ3v) is 3.29. The van der Waals surface area contributed by atoms with E-state index < -0.39 is 5.97 Å². The largest absolute Gasteiger partial charge is 0.465 e. The number of esters is 1. The fourth-order valence-electron chi connectivity index (χ4n) is 1.87. The Morgan fingerprint density at radius 1 is 1.16 bits per heavy atom. The number of ether oxygens (including phenoxy) is 1. The lowest BCUT2D eigenvalue weighted by molar-refractivity contribution is 0.0601. The Labute approximate surface area is 119 Å². The lowest BCUT2D eigenvalue weighted by Gasteiger charge is -2.10. The van der Waals surface area contributed by atoms with Crippen molar-refractivity contribution in [1.82, 2.24) is 0 Å². The summed E-state index contributed by atoms with van der Waals surface area (Å²) in [4.78, 5) is 11.8. The summed E-state index contributed by atoms with van der Waals surface area (Å²) in [6, 6.07) is 10.0. The van der Waals surface area contributed by atoms with Crippen LogP contribution in [0.2, 0.25) is 0 Å². The van der Waals surface area contributed by atoms with E-state index in [1.165, 1.54) is 13.2 Å². The Morgan fingerprint density at radius 2 is 1.84 bits per heavy atom. The topological polar surface area (TPSA) is 26.3 Å². The number of benzene rings is 2. The van der Waals surface area contributed by atoms with Crippen LogP contribution in [0.15, 0.2) is 40.9 Å². The summed E-state index contributed by atoms with van der Waals surface area (Å²) in [6.45, 7) is 1.82. The van der Waals surface area contributed by atoms with Crippen LogP contribution in [-0.4, -0.2) is 13.1 Å². The molecule has 0 bridgehead atoms. The van der Waals surface area contributed by atoms with Crippen molar-refractivity contribution in [2.24, 2.45) is 0 Å². The third-order valence-electron chi connectivity index (χ3n) is 2.80. The van der Waals surface area contributed by atoms with Crippen molar-refractivity contribution >= 4 is 21.9 Å². The molecule has 0 aliphatic heterocycles. The van der Waals surface area contributed by atoms with Crippen LogP contribution in [0.1, 0.15) is 15.9 Å². The Hall–Kier alpha value is -1.68. The smallest absolute Gasteiger partial charge is 0.338 e. The third kappa shape index (κ3) is 2.84. The molecular formula is C15H12BrFO2. The number of hydrogen-bond donors (Lipinski definition) is 0. The van der Waals surface area contributed by atoms with Crippen LogP contribution in [-0.2, 0) is 4.74 Å². The maximum Gasteiger partial charge on any atom is 0.338 e. The SMILES string of the molecule is COC(=O)c1cc(Br)ccc1-c1ccc(C)cc1F. The number of carbonyl (C=O) groups is 1. The second-order valence-corrected chi connectivity index (χ2v) is 5.08. The molecule has 0 aliphatic rings. The number of aryl methyl sites for hydroxylation is 1. The fraction of sp³-hybridized carbons (Fsp3) is 0.133. The van der Waals surface area contributed by atoms with E-state index in [1.807, 2.05) is 13.0 Å². The Kier molecular flexibility index (Phi) is 4.00. The maximum absolute atomic E-state index is 14.0. The number of halogens is 2. The summed E-state index contributed by atoms with van der Waals surface area (Å²) in [5.74, 6) is -0.844. The standard InChI is InChI=1S/C15H12BrFO2/c1-9-3-5-12(14(17)7-9)11-6-4-10(16)8-13(11)15(18)19-2/h3-8H,1-2H3. The van der Waals surface area contributed by atoms with E-state index in [0.29, 0.717) is 16.7 Å². The van der Waals surface area contributed by atoms with Crippen LogP contribution < -0.4 is 0 Å². The van der Waals surface area contributed by atoms with Gasteiger partial charge in [-0.1, -0.05) is 34.1 Å². The molecule has 0 aliphatic carbocycles. The molecule has 0 fully saturated rings. The fourth-order valence-corrected chi connectivity index (χ4v) is 2.23. The summed E-state index contributed by atoms with van der Waals surface area (Å²) in [5.41, 5.74) is 2.07. The number of rotatable bonds is 2. The zero-order valence-corrected chi connectivity index (χ0v) is 12.1. The van der Waals surface area contributed by atoms with Gasteiger partial charge in [-0.15, -0.1) is 0 Å². The lowest BCUT2D eigenvalue weighted by atomic mass is 9.98. The first-order valence-corrected chi connectivity index (χ1v) is 6.46. The Morgan fingerprint density at radius 3 is 2.47 bits per heavy atom. The van der Waals surface area contributed by atoms with Gasteiger partial charge in [0.25, 0.3) is 0 Å². The van der Waals surface area contributed by atoms with Gasteiger partial charge in [-0.2, -0.15) is 0 Å². The molecule has 0 N–H and O–H groups in total. The van der Waals surface area contributed by atoms with E-state index in [-0.39, 0.29) is 5.82 Å². The maximum atomic E-state index is 14.0. The van der Waals surface area contributed by atoms with Crippen LogP contribution in [0.5, 0.6) is 0 Å². The highest BCUT2D eigenvalue weighted by Crippen LogP contribution is 2.29. The molecule has 0 unspecified atom stereocenters. The number of hydrogen-bond acceptors (Lipinski definition) is 2. The predicted molar refractivity (Wildman–Crippen MR) is 75.6 cm³/mol. The molecule has 0 spiro atoms. The molecule has 2 nitrogen and oxygen atoms in total. The predicted octanol–water partition coefficient (Wildman–Crippen LogP) is 4.35. The van der Waals surface area contributed by atoms with Gasteiger partial charge in [0.2, 0.25) is 0 Å². The summed E-state index contributed by atoms with van der Waals surface area (Å²) in [5, 5.41) is 0. The van der Waals surface area contributed by atoms with Gasteiger partial charge < -0.3 is 4.74 Å². The van der Waals surface area contributed by atoms with E-state index >= 15 is 0 Å². The van der Waals surface area contributed by atoms with Crippen molar-refractivity contribution in [3.63, 3.8) is 0 Å². The van der Waals surface area contributed by atoms with E-state index in [4.69, 9.17) is 4.74 Å². The highest BCUT2D eigenvalue weighted by molar-refractivity contribution is 9.10. The first-order chi connectivity index (χ1) is 9.02. The second-order valence-electron chi connectivity index (χ2n) is 4.16. The molecule has 19 heavy (non-hydrogen) atoms. The molecule has 4 heteroatoms. The summed E-state index contributed by atoms with van der Waals surface area (Å²) >= 11 is 3.29. The van der Waals surface area contributed by atoms with Gasteiger partial charge in [-0.25, -0.2) is 9.18 Å². The van der Waals surface area contributed by atoms with E-state index in [2.05, 4.69) is 15.9 Å². The van der Waals surface area contributed by atoms with E-state index in [1.54, 1.807) is 24.3 Å². The molecule has 0 atom stereocenters. The minimum Gasteiger partial charge on any atom is -0.465 e. The van der Waals surface area contributed by atoms with Crippen LogP contribution in [0.25, 0.3) is 11.1 Å². The molecule has 0 aromatic heterocycles. The van der Waals surface area contributed by atoms with Crippen molar-refractivity contribution in [3.05, 3.63) is 57.8 Å². The van der Waals surface area contributed by atoms with E-state index in [0.717, 1.165) is 10.0 Å². The number of carbonyl (C=O) groups excluding carboxylic acids is 1. The van der Waals surface area contributed by atoms with Crippen molar-refractivity contribution < 1.29 is 13.9 Å². The van der Waals surface area contributed by atoms with Crippen molar-refractivity contribution in [3.8, 4) is 11.1 Å². The molecule has 2 rings (SSSR count). The molecule has 0 heterocycles. The van der Waals surface area contributed by atoms with Gasteiger partial charge in [0.15, 0.2) is 0 Å². The molecule has 98 valence electrons. The molecule has 2 aromatic carbocycles. The van der Waals surface area contributed by atoms with E-state index in [9.17, 15) is 9.18 Å². The highest BCUT2D eigenvalue weighted by atomic mass is 79.9. The number of methoxy groups -OCH3 is 1. The quantitative estimate of drug-likeness (QED) is 0.768. The molecule has 0 saturated carbocycles. The highest BCUT2D eigenvalue weighted by Gasteiger charge is 2.16. The Balaban J connectivity index is 2.64. The van der Waals surface area contributed by atoms with Gasteiger partial charge in [-0.3, -0.25) is 0 Å². The lowest BCUT2D eigenvalue weighted by Crippen LogP contribution is -2.04. The molecule has 0 amide bonds. The summed E-state index contributed by atoms with van der Waals surface area (Å²) < 4.78 is 19.5. The average Bonchev–Trinajstić information content (AvgIpc) is 2.38. The van der Waals surface area contributed by atoms with Crippen molar-refractivity contribution in [1.29, 1.82) is 0 Å². The van der Waals surface area contributed by atoms with Crippen molar-refractivity contribution in [2.45, 2.75) is 6.92 Å². The zero-order chi connectivity index (χ0) is 14.0. The van der Waals surface area contributed by atoms with Gasteiger partial charge >= 0.3 is 5.97 Å². The van der Waals surface area contributed by atoms with Gasteiger partial charge in [0.05, 0.1) is 12.7 Å². The summed E-state index contributed by atoms with van der Waals surface area (Å²) in [6.07, 6.45) is 0. The molecule has 0 radical (unpaired) electrons. The van der Waals surface area contributed by atoms with Crippen LogP contribution in [0, 0.1) is 12.7 Å². The minimum absolute atomic E-state index is 0.333. The summed E-state index contributed by atoms with van der Waals surface area (Å²) in [7, 11) is 1.30. The van der Waals surface area contributed by atoms with Gasteiger partial charge in [0.1, 0.15) is 5.82 Å². The zero-order valence-electron chi connectivity index (χ0n) is 10.5. The normalized spacial score (nSPS) is 10.3. The Bertz CT molecular complexity index is 638.